The molecule has 0 aliphatic heterocycles. The van der Waals surface area contributed by atoms with Crippen LogP contribution in [0.5, 0.6) is 0 Å². The van der Waals surface area contributed by atoms with Crippen LogP contribution in [-0.4, -0.2) is 40.6 Å². The fourth-order valence-corrected chi connectivity index (χ4v) is 2.75. The summed E-state index contributed by atoms with van der Waals surface area (Å²) in [5.74, 6) is -0.861. The average molecular weight is 415 g/mol. The summed E-state index contributed by atoms with van der Waals surface area (Å²) >= 11 is 5.93. The average Bonchev–Trinajstić information content (AvgIpc) is 3.13. The van der Waals surface area contributed by atoms with E-state index in [1.807, 2.05) is 0 Å². The van der Waals surface area contributed by atoms with Crippen molar-refractivity contribution in [1.29, 1.82) is 0 Å². The van der Waals surface area contributed by atoms with Crippen molar-refractivity contribution in [1.82, 2.24) is 15.0 Å². The number of halogens is 1. The molecular formula is C20H19ClN4O4. The highest BCUT2D eigenvalue weighted by atomic mass is 35.5. The molecule has 0 aliphatic rings. The Kier molecular flexibility index (Phi) is 6.58. The molecule has 1 N–H and O–H groups in total. The smallest absolute Gasteiger partial charge is 0.338 e. The second kappa shape index (κ2) is 9.31. The number of hydrogen-bond donors (Lipinski definition) is 1. The first-order valence-electron chi connectivity index (χ1n) is 8.81. The van der Waals surface area contributed by atoms with Crippen LogP contribution in [0.4, 0.5) is 5.69 Å². The van der Waals surface area contributed by atoms with Crippen molar-refractivity contribution in [2.75, 3.05) is 19.0 Å². The number of carbonyl (C=O) groups excluding carboxylic acids is 2. The molecule has 3 rings (SSSR count). The molecule has 0 spiro atoms. The Morgan fingerprint density at radius 2 is 1.79 bits per heavy atom. The normalized spacial score (nSPS) is 10.6. The minimum Gasteiger partial charge on any atom is -0.462 e. The van der Waals surface area contributed by atoms with Gasteiger partial charge in [0.15, 0.2) is 5.69 Å². The summed E-state index contributed by atoms with van der Waals surface area (Å²) in [5.41, 5.74) is 2.24. The van der Waals surface area contributed by atoms with Crippen molar-refractivity contribution in [2.24, 2.45) is 0 Å². The number of carbonyl (C=O) groups is 2. The van der Waals surface area contributed by atoms with Crippen LogP contribution < -0.4 is 5.32 Å². The van der Waals surface area contributed by atoms with E-state index < -0.39 is 11.9 Å². The highest BCUT2D eigenvalue weighted by Gasteiger charge is 2.21. The number of esters is 1. The molecule has 0 atom stereocenters. The maximum Gasteiger partial charge on any atom is 0.338 e. The Balaban J connectivity index is 1.82. The largest absolute Gasteiger partial charge is 0.462 e. The number of rotatable bonds is 7. The van der Waals surface area contributed by atoms with Crippen molar-refractivity contribution in [3.63, 3.8) is 0 Å². The molecule has 8 nitrogen and oxygen atoms in total. The van der Waals surface area contributed by atoms with Gasteiger partial charge in [-0.3, -0.25) is 4.79 Å². The number of amides is 1. The quantitative estimate of drug-likeness (QED) is 0.594. The van der Waals surface area contributed by atoms with Gasteiger partial charge in [0, 0.05) is 17.8 Å². The topological polar surface area (TPSA) is 95.3 Å². The van der Waals surface area contributed by atoms with Gasteiger partial charge in [-0.15, -0.1) is 5.10 Å². The van der Waals surface area contributed by atoms with Crippen LogP contribution in [0.25, 0.3) is 5.69 Å². The first-order chi connectivity index (χ1) is 14.0. The first-order valence-corrected chi connectivity index (χ1v) is 9.19. The molecule has 1 amide bonds. The number of aromatic nitrogens is 3. The monoisotopic (exact) mass is 414 g/mol. The third-order valence-corrected chi connectivity index (χ3v) is 4.24. The van der Waals surface area contributed by atoms with Crippen molar-refractivity contribution in [2.45, 2.75) is 13.5 Å². The molecule has 29 heavy (non-hydrogen) atoms. The Labute approximate surface area is 172 Å². The van der Waals surface area contributed by atoms with E-state index >= 15 is 0 Å². The maximum absolute atomic E-state index is 12.7. The van der Waals surface area contributed by atoms with E-state index in [0.717, 1.165) is 0 Å². The van der Waals surface area contributed by atoms with E-state index in [1.165, 1.54) is 11.8 Å². The molecule has 0 radical (unpaired) electrons. The molecule has 2 aromatic carbocycles. The van der Waals surface area contributed by atoms with Crippen molar-refractivity contribution < 1.29 is 19.1 Å². The standard InChI is InChI=1S/C20H19ClN4O4/c1-3-29-20(27)13-4-8-15(9-5-13)22-19(26)18-17(12-28-2)25(24-23-18)16-10-6-14(21)7-11-16/h4-11H,3,12H2,1-2H3,(H,22,26). The van der Waals surface area contributed by atoms with Crippen LogP contribution in [0.2, 0.25) is 5.02 Å². The molecule has 0 aliphatic carbocycles. The van der Waals surface area contributed by atoms with E-state index in [2.05, 4.69) is 15.6 Å². The number of ether oxygens (including phenoxy) is 2. The SMILES string of the molecule is CCOC(=O)c1ccc(NC(=O)c2nnn(-c3ccc(Cl)cc3)c2COC)cc1. The minimum absolute atomic E-state index is 0.135. The van der Waals surface area contributed by atoms with Gasteiger partial charge in [-0.25, -0.2) is 9.48 Å². The van der Waals surface area contributed by atoms with Crippen LogP contribution >= 0.6 is 11.6 Å². The third kappa shape index (κ3) is 4.79. The summed E-state index contributed by atoms with van der Waals surface area (Å²) in [6.45, 7) is 2.17. The molecule has 0 bridgehead atoms. The summed E-state index contributed by atoms with van der Waals surface area (Å²) in [7, 11) is 1.52. The lowest BCUT2D eigenvalue weighted by molar-refractivity contribution is 0.0526. The highest BCUT2D eigenvalue weighted by Crippen LogP contribution is 2.18. The molecule has 1 heterocycles. The summed E-state index contributed by atoms with van der Waals surface area (Å²) < 4.78 is 11.7. The highest BCUT2D eigenvalue weighted by molar-refractivity contribution is 6.30. The van der Waals surface area contributed by atoms with Gasteiger partial charge in [-0.1, -0.05) is 16.8 Å². The second-order valence-electron chi connectivity index (χ2n) is 5.96. The zero-order valence-electron chi connectivity index (χ0n) is 15.9. The van der Waals surface area contributed by atoms with E-state index in [-0.39, 0.29) is 12.3 Å². The Hall–Kier alpha value is -3.23. The number of benzene rings is 2. The lowest BCUT2D eigenvalue weighted by Gasteiger charge is -2.08. The Morgan fingerprint density at radius 3 is 2.41 bits per heavy atom. The fraction of sp³-hybridized carbons (Fsp3) is 0.200. The molecular weight excluding hydrogens is 396 g/mol. The van der Waals surface area contributed by atoms with Crippen LogP contribution in [0.1, 0.15) is 33.5 Å². The number of nitrogens with one attached hydrogen (secondary N) is 1. The summed E-state index contributed by atoms with van der Waals surface area (Å²) in [6, 6.07) is 13.4. The Morgan fingerprint density at radius 1 is 1.10 bits per heavy atom. The molecule has 3 aromatic rings. The number of nitrogens with zero attached hydrogens (tertiary/aromatic N) is 3. The number of methoxy groups -OCH3 is 1. The number of anilines is 1. The molecule has 0 fully saturated rings. The zero-order valence-corrected chi connectivity index (χ0v) is 16.6. The Bertz CT molecular complexity index is 1000. The van der Waals surface area contributed by atoms with Gasteiger partial charge in [-0.2, -0.15) is 0 Å². The molecule has 150 valence electrons. The van der Waals surface area contributed by atoms with Crippen LogP contribution in [0.3, 0.4) is 0 Å². The lowest BCUT2D eigenvalue weighted by atomic mass is 10.2. The van der Waals surface area contributed by atoms with Crippen molar-refractivity contribution in [3.8, 4) is 5.69 Å². The molecule has 1 aromatic heterocycles. The van der Waals surface area contributed by atoms with Gasteiger partial charge in [0.1, 0.15) is 5.69 Å². The van der Waals surface area contributed by atoms with Crippen LogP contribution in [-0.2, 0) is 16.1 Å². The summed E-state index contributed by atoms with van der Waals surface area (Å²) in [4.78, 5) is 24.5. The van der Waals surface area contributed by atoms with Crippen molar-refractivity contribution in [3.05, 3.63) is 70.5 Å². The van der Waals surface area contributed by atoms with Gasteiger partial charge < -0.3 is 14.8 Å². The predicted molar refractivity (Wildman–Crippen MR) is 107 cm³/mol. The van der Waals surface area contributed by atoms with Gasteiger partial charge in [0.2, 0.25) is 0 Å². The molecule has 0 saturated heterocycles. The summed E-state index contributed by atoms with van der Waals surface area (Å²) in [6.07, 6.45) is 0. The van der Waals surface area contributed by atoms with E-state index in [1.54, 1.807) is 55.5 Å². The fourth-order valence-electron chi connectivity index (χ4n) is 2.63. The van der Waals surface area contributed by atoms with Gasteiger partial charge >= 0.3 is 5.97 Å². The summed E-state index contributed by atoms with van der Waals surface area (Å²) in [5, 5.41) is 11.4. The molecule has 0 saturated carbocycles. The van der Waals surface area contributed by atoms with Crippen LogP contribution in [0.15, 0.2) is 48.5 Å². The van der Waals surface area contributed by atoms with Crippen molar-refractivity contribution >= 4 is 29.2 Å². The van der Waals surface area contributed by atoms with Gasteiger partial charge in [0.25, 0.3) is 5.91 Å². The minimum atomic E-state index is -0.443. The second-order valence-corrected chi connectivity index (χ2v) is 6.39. The first kappa shape index (κ1) is 20.5. The van der Waals surface area contributed by atoms with E-state index in [0.29, 0.717) is 34.3 Å². The van der Waals surface area contributed by atoms with Gasteiger partial charge in [-0.05, 0) is 55.5 Å². The molecule has 0 unspecified atom stereocenters. The third-order valence-electron chi connectivity index (χ3n) is 3.98. The van der Waals surface area contributed by atoms with E-state index in [9.17, 15) is 9.59 Å². The molecule has 9 heteroatoms. The number of hydrogen-bond acceptors (Lipinski definition) is 6. The van der Waals surface area contributed by atoms with Gasteiger partial charge in [0.05, 0.1) is 24.5 Å². The predicted octanol–water partition coefficient (Wildman–Crippen LogP) is 3.50. The van der Waals surface area contributed by atoms with E-state index in [4.69, 9.17) is 21.1 Å². The lowest BCUT2D eigenvalue weighted by Crippen LogP contribution is -2.16. The van der Waals surface area contributed by atoms with Crippen LogP contribution in [0, 0.1) is 0 Å². The zero-order chi connectivity index (χ0) is 20.8. The maximum atomic E-state index is 12.7.